The van der Waals surface area contributed by atoms with E-state index in [2.05, 4.69) is 10.1 Å². The fourth-order valence-electron chi connectivity index (χ4n) is 3.53. The molecule has 31 heavy (non-hydrogen) atoms. The Morgan fingerprint density at radius 1 is 1.10 bits per heavy atom. The Bertz CT molecular complexity index is 984. The Balaban J connectivity index is 1.62. The van der Waals surface area contributed by atoms with Crippen LogP contribution in [-0.4, -0.2) is 47.8 Å². The van der Waals surface area contributed by atoms with Crippen LogP contribution in [0, 0.1) is 16.0 Å². The molecule has 2 aromatic carbocycles. The molecule has 0 aromatic heterocycles. The lowest BCUT2D eigenvalue weighted by Gasteiger charge is -2.31. The number of ether oxygens (including phenoxy) is 1. The van der Waals surface area contributed by atoms with E-state index in [4.69, 9.17) is 0 Å². The van der Waals surface area contributed by atoms with E-state index in [1.807, 2.05) is 30.3 Å². The number of nitro benzene ring substituents is 1. The molecule has 0 spiro atoms. The zero-order chi connectivity index (χ0) is 22.4. The van der Waals surface area contributed by atoms with Gasteiger partial charge in [-0.05, 0) is 24.5 Å². The highest BCUT2D eigenvalue weighted by Crippen LogP contribution is 2.23. The first-order valence-electron chi connectivity index (χ1n) is 9.87. The Hall–Kier alpha value is -3.75. The molecule has 0 saturated carbocycles. The SMILES string of the molecule is COC(=O)c1cc(C(=O)N2CCC(C(=O)NCc3ccccc3)CC2)cc([N+](=O)[O-])c1. The van der Waals surface area contributed by atoms with Crippen molar-refractivity contribution in [2.45, 2.75) is 19.4 Å². The average Bonchev–Trinajstić information content (AvgIpc) is 2.81. The molecule has 1 saturated heterocycles. The highest BCUT2D eigenvalue weighted by atomic mass is 16.6. The van der Waals surface area contributed by atoms with Crippen molar-refractivity contribution in [1.82, 2.24) is 10.2 Å². The Labute approximate surface area is 179 Å². The first-order valence-corrected chi connectivity index (χ1v) is 9.87. The molecule has 1 aliphatic heterocycles. The number of carbonyl (C=O) groups excluding carboxylic acids is 3. The first-order chi connectivity index (χ1) is 14.9. The van der Waals surface area contributed by atoms with Crippen LogP contribution in [0.15, 0.2) is 48.5 Å². The predicted octanol–water partition coefficient (Wildman–Crippen LogP) is 2.55. The first kappa shape index (κ1) is 21.9. The van der Waals surface area contributed by atoms with Gasteiger partial charge < -0.3 is 15.0 Å². The minimum absolute atomic E-state index is 0.0431. The lowest BCUT2D eigenvalue weighted by molar-refractivity contribution is -0.384. The molecule has 0 unspecified atom stereocenters. The number of methoxy groups -OCH3 is 1. The third kappa shape index (κ3) is 5.44. The summed E-state index contributed by atoms with van der Waals surface area (Å²) in [5.74, 6) is -1.44. The fourth-order valence-corrected chi connectivity index (χ4v) is 3.53. The van der Waals surface area contributed by atoms with Crippen molar-refractivity contribution in [3.8, 4) is 0 Å². The van der Waals surface area contributed by atoms with Crippen LogP contribution in [0.5, 0.6) is 0 Å². The van der Waals surface area contributed by atoms with Crippen molar-refractivity contribution in [1.29, 1.82) is 0 Å². The van der Waals surface area contributed by atoms with Gasteiger partial charge in [0.1, 0.15) is 0 Å². The number of nitrogens with zero attached hydrogens (tertiary/aromatic N) is 2. The zero-order valence-corrected chi connectivity index (χ0v) is 17.1. The number of likely N-dealkylation sites (tertiary alicyclic amines) is 1. The number of hydrogen-bond donors (Lipinski definition) is 1. The number of non-ortho nitro benzene ring substituents is 1. The average molecular weight is 425 g/mol. The molecule has 9 heteroatoms. The van der Waals surface area contributed by atoms with Crippen LogP contribution < -0.4 is 5.32 Å². The number of carbonyl (C=O) groups is 3. The maximum atomic E-state index is 12.9. The highest BCUT2D eigenvalue weighted by Gasteiger charge is 2.29. The van der Waals surface area contributed by atoms with Crippen LogP contribution in [0.2, 0.25) is 0 Å². The highest BCUT2D eigenvalue weighted by molar-refractivity contribution is 5.99. The molecule has 9 nitrogen and oxygen atoms in total. The fraction of sp³-hybridized carbons (Fsp3) is 0.318. The van der Waals surface area contributed by atoms with Gasteiger partial charge in [0.05, 0.1) is 17.6 Å². The minimum atomic E-state index is -0.758. The Morgan fingerprint density at radius 2 is 1.74 bits per heavy atom. The van der Waals surface area contributed by atoms with Gasteiger partial charge in [-0.2, -0.15) is 0 Å². The van der Waals surface area contributed by atoms with Gasteiger partial charge in [0, 0.05) is 43.2 Å². The number of benzene rings is 2. The molecule has 2 aromatic rings. The second-order valence-electron chi connectivity index (χ2n) is 7.29. The molecule has 0 bridgehead atoms. The van der Waals surface area contributed by atoms with Crippen LogP contribution in [0.4, 0.5) is 5.69 Å². The van der Waals surface area contributed by atoms with E-state index in [9.17, 15) is 24.5 Å². The van der Waals surface area contributed by atoms with Gasteiger partial charge in [0.2, 0.25) is 5.91 Å². The smallest absolute Gasteiger partial charge is 0.338 e. The second-order valence-corrected chi connectivity index (χ2v) is 7.29. The van der Waals surface area contributed by atoms with Crippen LogP contribution in [0.25, 0.3) is 0 Å². The number of rotatable bonds is 6. The van der Waals surface area contributed by atoms with Gasteiger partial charge >= 0.3 is 5.97 Å². The van der Waals surface area contributed by atoms with Crippen LogP contribution in [0.3, 0.4) is 0 Å². The topological polar surface area (TPSA) is 119 Å². The zero-order valence-electron chi connectivity index (χ0n) is 17.1. The summed E-state index contributed by atoms with van der Waals surface area (Å²) in [6, 6.07) is 13.1. The lowest BCUT2D eigenvalue weighted by atomic mass is 9.95. The molecular formula is C22H23N3O6. The molecule has 1 aliphatic rings. The quantitative estimate of drug-likeness (QED) is 0.432. The van der Waals surface area contributed by atoms with E-state index in [0.29, 0.717) is 32.5 Å². The molecule has 1 fully saturated rings. The summed E-state index contributed by atoms with van der Waals surface area (Å²) < 4.78 is 4.62. The maximum Gasteiger partial charge on any atom is 0.338 e. The molecule has 0 radical (unpaired) electrons. The second kappa shape index (κ2) is 9.84. The number of amides is 2. The number of nitrogens with one attached hydrogen (secondary N) is 1. The van der Waals surface area contributed by atoms with Crippen molar-refractivity contribution in [3.05, 3.63) is 75.3 Å². The van der Waals surface area contributed by atoms with Gasteiger partial charge in [-0.25, -0.2) is 4.79 Å². The summed E-state index contributed by atoms with van der Waals surface area (Å²) in [5, 5.41) is 14.1. The van der Waals surface area contributed by atoms with Gasteiger partial charge in [-0.3, -0.25) is 19.7 Å². The van der Waals surface area contributed by atoms with E-state index >= 15 is 0 Å². The van der Waals surface area contributed by atoms with E-state index < -0.39 is 16.8 Å². The maximum absolute atomic E-state index is 12.9. The van der Waals surface area contributed by atoms with Crippen LogP contribution >= 0.6 is 0 Å². The summed E-state index contributed by atoms with van der Waals surface area (Å²) in [6.45, 7) is 1.14. The Morgan fingerprint density at radius 3 is 2.35 bits per heavy atom. The predicted molar refractivity (Wildman–Crippen MR) is 111 cm³/mol. The summed E-state index contributed by atoms with van der Waals surface area (Å²) in [4.78, 5) is 49.2. The standard InChI is InChI=1S/C22H23N3O6/c1-31-22(28)18-11-17(12-19(13-18)25(29)30)21(27)24-9-7-16(8-10-24)20(26)23-14-15-5-3-2-4-6-15/h2-6,11-13,16H,7-10,14H2,1H3,(H,23,26). The van der Waals surface area contributed by atoms with E-state index in [-0.39, 0.29) is 28.6 Å². The molecule has 1 N–H and O–H groups in total. The third-order valence-corrected chi connectivity index (χ3v) is 5.26. The Kier molecular flexibility index (Phi) is 6.96. The molecular weight excluding hydrogens is 402 g/mol. The molecule has 2 amide bonds. The molecule has 0 atom stereocenters. The largest absolute Gasteiger partial charge is 0.465 e. The summed E-state index contributed by atoms with van der Waals surface area (Å²) in [7, 11) is 1.16. The van der Waals surface area contributed by atoms with E-state index in [1.165, 1.54) is 6.07 Å². The number of nitro groups is 1. The van der Waals surface area contributed by atoms with Crippen molar-refractivity contribution in [2.24, 2.45) is 5.92 Å². The third-order valence-electron chi connectivity index (χ3n) is 5.26. The van der Waals surface area contributed by atoms with Gasteiger partial charge in [0.15, 0.2) is 0 Å². The van der Waals surface area contributed by atoms with E-state index in [1.54, 1.807) is 4.90 Å². The lowest BCUT2D eigenvalue weighted by Crippen LogP contribution is -2.43. The molecule has 162 valence electrons. The van der Waals surface area contributed by atoms with Gasteiger partial charge in [-0.15, -0.1) is 0 Å². The van der Waals surface area contributed by atoms with Crippen LogP contribution in [-0.2, 0) is 16.1 Å². The monoisotopic (exact) mass is 425 g/mol. The van der Waals surface area contributed by atoms with Gasteiger partial charge in [-0.1, -0.05) is 30.3 Å². The van der Waals surface area contributed by atoms with Crippen molar-refractivity contribution < 1.29 is 24.0 Å². The number of piperidine rings is 1. The van der Waals surface area contributed by atoms with Crippen LogP contribution in [0.1, 0.15) is 39.1 Å². The number of esters is 1. The minimum Gasteiger partial charge on any atom is -0.465 e. The van der Waals surface area contributed by atoms with Crippen molar-refractivity contribution >= 4 is 23.5 Å². The summed E-state index contributed by atoms with van der Waals surface area (Å²) in [6.07, 6.45) is 0.982. The summed E-state index contributed by atoms with van der Waals surface area (Å²) in [5.41, 5.74) is 0.633. The van der Waals surface area contributed by atoms with Gasteiger partial charge in [0.25, 0.3) is 11.6 Å². The molecule has 0 aliphatic carbocycles. The molecule has 3 rings (SSSR count). The molecule has 1 heterocycles. The van der Waals surface area contributed by atoms with Crippen molar-refractivity contribution in [2.75, 3.05) is 20.2 Å². The van der Waals surface area contributed by atoms with E-state index in [0.717, 1.165) is 24.8 Å². The normalized spacial score (nSPS) is 14.0. The summed E-state index contributed by atoms with van der Waals surface area (Å²) >= 11 is 0. The van der Waals surface area contributed by atoms with Crippen molar-refractivity contribution in [3.63, 3.8) is 0 Å². The number of hydrogen-bond acceptors (Lipinski definition) is 6.